The summed E-state index contributed by atoms with van der Waals surface area (Å²) in [6.45, 7) is 3.18. The number of rotatable bonds is 7. The quantitative estimate of drug-likeness (QED) is 0.772. The summed E-state index contributed by atoms with van der Waals surface area (Å²) in [6.07, 6.45) is 0. The first-order valence-electron chi connectivity index (χ1n) is 8.23. The molecule has 0 radical (unpaired) electrons. The Labute approximate surface area is 152 Å². The van der Waals surface area contributed by atoms with Crippen molar-refractivity contribution in [3.05, 3.63) is 65.7 Å². The Hall–Kier alpha value is -3.15. The van der Waals surface area contributed by atoms with Crippen molar-refractivity contribution in [2.75, 3.05) is 6.61 Å². The molecule has 0 bridgehead atoms. The molecule has 0 aromatic heterocycles. The Morgan fingerprint density at radius 1 is 1.00 bits per heavy atom. The molecule has 0 spiro atoms. The average molecular weight is 355 g/mol. The van der Waals surface area contributed by atoms with E-state index in [-0.39, 0.29) is 11.5 Å². The fourth-order valence-corrected chi connectivity index (χ4v) is 1.99. The second-order valence-corrected chi connectivity index (χ2v) is 5.95. The van der Waals surface area contributed by atoms with Crippen LogP contribution in [0.15, 0.2) is 54.6 Å². The summed E-state index contributed by atoms with van der Waals surface area (Å²) in [6, 6.07) is 16.1. The maximum atomic E-state index is 12.1. The summed E-state index contributed by atoms with van der Waals surface area (Å²) < 4.78 is 10.6. The van der Waals surface area contributed by atoms with E-state index < -0.39 is 24.4 Å². The van der Waals surface area contributed by atoms with Crippen LogP contribution in [0.3, 0.4) is 0 Å². The lowest BCUT2D eigenvalue weighted by Crippen LogP contribution is -2.36. The first kappa shape index (κ1) is 19.2. The highest BCUT2D eigenvalue weighted by molar-refractivity contribution is 5.98. The second-order valence-electron chi connectivity index (χ2n) is 5.95. The van der Waals surface area contributed by atoms with Crippen LogP contribution in [0, 0.1) is 5.92 Å². The third-order valence-corrected chi connectivity index (χ3v) is 3.44. The van der Waals surface area contributed by atoms with Gasteiger partial charge in [-0.25, -0.2) is 4.79 Å². The molecule has 0 unspecified atom stereocenters. The number of hydrogen-bond acceptors (Lipinski definition) is 5. The molecule has 0 atom stereocenters. The Morgan fingerprint density at radius 2 is 1.73 bits per heavy atom. The summed E-state index contributed by atoms with van der Waals surface area (Å²) >= 11 is 0. The largest absolute Gasteiger partial charge is 0.489 e. The van der Waals surface area contributed by atoms with E-state index in [1.165, 1.54) is 0 Å². The number of ether oxygens (including phenoxy) is 2. The van der Waals surface area contributed by atoms with E-state index in [1.54, 1.807) is 38.1 Å². The number of imide groups is 1. The van der Waals surface area contributed by atoms with Crippen LogP contribution in [0.4, 0.5) is 0 Å². The van der Waals surface area contributed by atoms with Crippen molar-refractivity contribution in [1.82, 2.24) is 5.32 Å². The van der Waals surface area contributed by atoms with E-state index >= 15 is 0 Å². The van der Waals surface area contributed by atoms with Crippen LogP contribution in [0.5, 0.6) is 5.75 Å². The van der Waals surface area contributed by atoms with E-state index in [9.17, 15) is 14.4 Å². The minimum Gasteiger partial charge on any atom is -0.489 e. The smallest absolute Gasteiger partial charge is 0.338 e. The zero-order valence-electron chi connectivity index (χ0n) is 14.7. The number of esters is 1. The van der Waals surface area contributed by atoms with Crippen molar-refractivity contribution in [1.29, 1.82) is 0 Å². The van der Waals surface area contributed by atoms with Gasteiger partial charge in [0.15, 0.2) is 6.61 Å². The molecule has 0 aliphatic rings. The minimum absolute atomic E-state index is 0.263. The molecule has 0 fully saturated rings. The van der Waals surface area contributed by atoms with Crippen LogP contribution in [0.2, 0.25) is 0 Å². The lowest BCUT2D eigenvalue weighted by atomic mass is 10.2. The van der Waals surface area contributed by atoms with E-state index in [2.05, 4.69) is 5.32 Å². The first-order valence-corrected chi connectivity index (χ1v) is 8.23. The molecule has 136 valence electrons. The second kappa shape index (κ2) is 9.36. The van der Waals surface area contributed by atoms with Gasteiger partial charge in [-0.15, -0.1) is 0 Å². The van der Waals surface area contributed by atoms with E-state index in [1.807, 2.05) is 30.3 Å². The van der Waals surface area contributed by atoms with Crippen LogP contribution in [-0.4, -0.2) is 24.4 Å². The minimum atomic E-state index is -0.665. The summed E-state index contributed by atoms with van der Waals surface area (Å²) in [5.74, 6) is -1.55. The molecule has 2 aromatic rings. The number of carbonyl (C=O) groups excluding carboxylic acids is 3. The Balaban J connectivity index is 1.87. The standard InChI is InChI=1S/C20H21NO5/c1-14(2)19(23)21-18(22)13-26-20(24)16-9-6-10-17(11-16)25-12-15-7-4-3-5-8-15/h3-11,14H,12-13H2,1-2H3,(H,21,22,23). The summed E-state index contributed by atoms with van der Waals surface area (Å²) in [7, 11) is 0. The Bertz CT molecular complexity index is 771. The van der Waals surface area contributed by atoms with Gasteiger partial charge in [-0.2, -0.15) is 0 Å². The number of amides is 2. The lowest BCUT2D eigenvalue weighted by Gasteiger charge is -2.09. The predicted octanol–water partition coefficient (Wildman–Crippen LogP) is 2.72. The number of carbonyl (C=O) groups is 3. The fourth-order valence-electron chi connectivity index (χ4n) is 1.99. The highest BCUT2D eigenvalue weighted by Gasteiger charge is 2.14. The SMILES string of the molecule is CC(C)C(=O)NC(=O)COC(=O)c1cccc(OCc2ccccc2)c1. The normalized spacial score (nSPS) is 10.3. The van der Waals surface area contributed by atoms with Crippen molar-refractivity contribution in [3.63, 3.8) is 0 Å². The van der Waals surface area contributed by atoms with Crippen molar-refractivity contribution in [2.45, 2.75) is 20.5 Å². The maximum Gasteiger partial charge on any atom is 0.338 e. The van der Waals surface area contributed by atoms with Gasteiger partial charge in [0.2, 0.25) is 5.91 Å². The monoisotopic (exact) mass is 355 g/mol. The fraction of sp³-hybridized carbons (Fsp3) is 0.250. The van der Waals surface area contributed by atoms with Gasteiger partial charge in [0, 0.05) is 5.92 Å². The third kappa shape index (κ3) is 6.05. The number of hydrogen-bond donors (Lipinski definition) is 1. The van der Waals surface area contributed by atoms with E-state index in [0.717, 1.165) is 5.56 Å². The van der Waals surface area contributed by atoms with E-state index in [4.69, 9.17) is 9.47 Å². The van der Waals surface area contributed by atoms with Gasteiger partial charge in [0.1, 0.15) is 12.4 Å². The van der Waals surface area contributed by atoms with Crippen LogP contribution in [-0.2, 0) is 20.9 Å². The molecule has 2 aromatic carbocycles. The zero-order valence-corrected chi connectivity index (χ0v) is 14.7. The molecule has 6 nitrogen and oxygen atoms in total. The summed E-state index contributed by atoms with van der Waals surface area (Å²) in [4.78, 5) is 35.1. The van der Waals surface area contributed by atoms with Gasteiger partial charge in [0.05, 0.1) is 5.56 Å². The highest BCUT2D eigenvalue weighted by atomic mass is 16.5. The molecule has 0 saturated heterocycles. The molecule has 0 aliphatic carbocycles. The van der Waals surface area contributed by atoms with Crippen molar-refractivity contribution in [3.8, 4) is 5.75 Å². The van der Waals surface area contributed by atoms with Gasteiger partial charge in [-0.05, 0) is 23.8 Å². The predicted molar refractivity (Wildman–Crippen MR) is 95.5 cm³/mol. The van der Waals surface area contributed by atoms with Crippen LogP contribution < -0.4 is 10.1 Å². The molecule has 6 heteroatoms. The summed E-state index contributed by atoms with van der Waals surface area (Å²) in [5.41, 5.74) is 1.27. The number of benzene rings is 2. The molecular formula is C20H21NO5. The molecule has 2 amide bonds. The third-order valence-electron chi connectivity index (χ3n) is 3.44. The molecule has 0 heterocycles. The average Bonchev–Trinajstić information content (AvgIpc) is 2.65. The van der Waals surface area contributed by atoms with Crippen molar-refractivity contribution in [2.24, 2.45) is 5.92 Å². The van der Waals surface area contributed by atoms with Crippen LogP contribution in [0.1, 0.15) is 29.8 Å². The summed E-state index contributed by atoms with van der Waals surface area (Å²) in [5, 5.41) is 2.16. The molecular weight excluding hydrogens is 334 g/mol. The molecule has 2 rings (SSSR count). The molecule has 0 saturated carbocycles. The van der Waals surface area contributed by atoms with Gasteiger partial charge >= 0.3 is 5.97 Å². The van der Waals surface area contributed by atoms with Crippen molar-refractivity contribution >= 4 is 17.8 Å². The first-order chi connectivity index (χ1) is 12.5. The van der Waals surface area contributed by atoms with E-state index in [0.29, 0.717) is 12.4 Å². The van der Waals surface area contributed by atoms with Gasteiger partial charge in [0.25, 0.3) is 5.91 Å². The molecule has 1 N–H and O–H groups in total. The van der Waals surface area contributed by atoms with Gasteiger partial charge < -0.3 is 9.47 Å². The maximum absolute atomic E-state index is 12.1. The van der Waals surface area contributed by atoms with Crippen molar-refractivity contribution < 1.29 is 23.9 Å². The topological polar surface area (TPSA) is 81.7 Å². The highest BCUT2D eigenvalue weighted by Crippen LogP contribution is 2.16. The Morgan fingerprint density at radius 3 is 2.42 bits per heavy atom. The number of nitrogens with one attached hydrogen (secondary N) is 1. The van der Waals surface area contributed by atoms with Gasteiger partial charge in [-0.3, -0.25) is 14.9 Å². The van der Waals surface area contributed by atoms with Crippen LogP contribution in [0.25, 0.3) is 0 Å². The lowest BCUT2D eigenvalue weighted by molar-refractivity contribution is -0.133. The zero-order chi connectivity index (χ0) is 18.9. The molecule has 26 heavy (non-hydrogen) atoms. The van der Waals surface area contributed by atoms with Gasteiger partial charge in [-0.1, -0.05) is 50.2 Å². The van der Waals surface area contributed by atoms with Crippen LogP contribution >= 0.6 is 0 Å². The molecule has 0 aliphatic heterocycles. The Kier molecular flexibility index (Phi) is 6.91.